The summed E-state index contributed by atoms with van der Waals surface area (Å²) in [6.45, 7) is 0. The van der Waals surface area contributed by atoms with Crippen LogP contribution in [0, 0.1) is 5.92 Å². The standard InChI is InChI=1S/C17H14F3NO/c18-17(19,20)12-7-4-8-13(9-12)21-16(22)15-10-14(15)11-5-2-1-3-6-11/h1-9,14-15H,10H2,(H,21,22)/t14-,15+/m0/s1. The Kier molecular flexibility index (Phi) is 3.64. The van der Waals surface area contributed by atoms with Crippen molar-refractivity contribution in [1.82, 2.24) is 0 Å². The van der Waals surface area contributed by atoms with Crippen molar-refractivity contribution in [2.24, 2.45) is 5.92 Å². The summed E-state index contributed by atoms with van der Waals surface area (Å²) in [7, 11) is 0. The predicted molar refractivity (Wildman–Crippen MR) is 77.4 cm³/mol. The van der Waals surface area contributed by atoms with Gasteiger partial charge in [-0.3, -0.25) is 4.79 Å². The second-order valence-corrected chi connectivity index (χ2v) is 5.43. The summed E-state index contributed by atoms with van der Waals surface area (Å²) in [5, 5.41) is 2.58. The van der Waals surface area contributed by atoms with Crippen LogP contribution in [-0.2, 0) is 11.0 Å². The van der Waals surface area contributed by atoms with Gasteiger partial charge in [0, 0.05) is 11.6 Å². The highest BCUT2D eigenvalue weighted by molar-refractivity contribution is 5.95. The number of amides is 1. The molecule has 0 heterocycles. The van der Waals surface area contributed by atoms with Crippen molar-refractivity contribution in [2.75, 3.05) is 5.32 Å². The first-order chi connectivity index (χ1) is 10.4. The molecule has 5 heteroatoms. The third-order valence-corrected chi connectivity index (χ3v) is 3.81. The molecule has 2 aromatic carbocycles. The minimum atomic E-state index is -4.41. The van der Waals surface area contributed by atoms with E-state index >= 15 is 0 Å². The Morgan fingerprint density at radius 3 is 2.45 bits per heavy atom. The van der Waals surface area contributed by atoms with E-state index in [-0.39, 0.29) is 23.4 Å². The van der Waals surface area contributed by atoms with Crippen LogP contribution in [0.4, 0.5) is 18.9 Å². The van der Waals surface area contributed by atoms with E-state index in [1.165, 1.54) is 12.1 Å². The number of hydrogen-bond donors (Lipinski definition) is 1. The average Bonchev–Trinajstić information content (AvgIpc) is 3.28. The monoisotopic (exact) mass is 305 g/mol. The first-order valence-electron chi connectivity index (χ1n) is 6.98. The minimum absolute atomic E-state index is 0.159. The number of carbonyl (C=O) groups excluding carboxylic acids is 1. The first-order valence-corrected chi connectivity index (χ1v) is 6.98. The molecule has 22 heavy (non-hydrogen) atoms. The number of carbonyl (C=O) groups is 1. The van der Waals surface area contributed by atoms with E-state index in [1.807, 2.05) is 30.3 Å². The number of benzene rings is 2. The van der Waals surface area contributed by atoms with Crippen LogP contribution in [0.1, 0.15) is 23.5 Å². The quantitative estimate of drug-likeness (QED) is 0.892. The van der Waals surface area contributed by atoms with Crippen LogP contribution in [0.3, 0.4) is 0 Å². The van der Waals surface area contributed by atoms with Crippen LogP contribution in [0.25, 0.3) is 0 Å². The van der Waals surface area contributed by atoms with Crippen LogP contribution in [0.2, 0.25) is 0 Å². The molecule has 2 aromatic rings. The zero-order valence-corrected chi connectivity index (χ0v) is 11.6. The van der Waals surface area contributed by atoms with E-state index in [9.17, 15) is 18.0 Å². The van der Waals surface area contributed by atoms with E-state index in [1.54, 1.807) is 0 Å². The van der Waals surface area contributed by atoms with Gasteiger partial charge in [0.1, 0.15) is 0 Å². The maximum atomic E-state index is 12.6. The van der Waals surface area contributed by atoms with E-state index in [2.05, 4.69) is 5.32 Å². The SMILES string of the molecule is O=C(Nc1cccc(C(F)(F)F)c1)[C@@H]1C[C@H]1c1ccccc1. The van der Waals surface area contributed by atoms with Gasteiger partial charge in [0.25, 0.3) is 0 Å². The Balaban J connectivity index is 1.66. The van der Waals surface area contributed by atoms with Gasteiger partial charge in [-0.2, -0.15) is 13.2 Å². The molecular weight excluding hydrogens is 291 g/mol. The number of halogens is 3. The lowest BCUT2D eigenvalue weighted by Gasteiger charge is -2.10. The van der Waals surface area contributed by atoms with Gasteiger partial charge in [0.15, 0.2) is 0 Å². The number of rotatable bonds is 3. The van der Waals surface area contributed by atoms with Gasteiger partial charge in [-0.25, -0.2) is 0 Å². The van der Waals surface area contributed by atoms with Crippen molar-refractivity contribution in [2.45, 2.75) is 18.5 Å². The number of anilines is 1. The molecule has 1 saturated carbocycles. The molecule has 2 nitrogen and oxygen atoms in total. The lowest BCUT2D eigenvalue weighted by atomic mass is 10.1. The lowest BCUT2D eigenvalue weighted by Crippen LogP contribution is -2.15. The second kappa shape index (κ2) is 5.48. The Morgan fingerprint density at radius 2 is 1.77 bits per heavy atom. The van der Waals surface area contributed by atoms with Crippen molar-refractivity contribution >= 4 is 11.6 Å². The van der Waals surface area contributed by atoms with Gasteiger partial charge >= 0.3 is 6.18 Å². The molecule has 0 radical (unpaired) electrons. The fourth-order valence-corrected chi connectivity index (χ4v) is 2.56. The third kappa shape index (κ3) is 3.13. The van der Waals surface area contributed by atoms with Gasteiger partial charge in [0.2, 0.25) is 5.91 Å². The molecule has 1 N–H and O–H groups in total. The maximum Gasteiger partial charge on any atom is 0.416 e. The van der Waals surface area contributed by atoms with Crippen molar-refractivity contribution in [1.29, 1.82) is 0 Å². The van der Waals surface area contributed by atoms with E-state index in [0.29, 0.717) is 0 Å². The molecule has 0 bridgehead atoms. The van der Waals surface area contributed by atoms with Crippen molar-refractivity contribution < 1.29 is 18.0 Å². The van der Waals surface area contributed by atoms with Crippen molar-refractivity contribution in [3.63, 3.8) is 0 Å². The Labute approximate surface area is 126 Å². The molecule has 2 atom stereocenters. The Morgan fingerprint density at radius 1 is 1.05 bits per heavy atom. The second-order valence-electron chi connectivity index (χ2n) is 5.43. The van der Waals surface area contributed by atoms with E-state index in [4.69, 9.17) is 0 Å². The van der Waals surface area contributed by atoms with Gasteiger partial charge < -0.3 is 5.32 Å². The molecule has 3 rings (SSSR count). The van der Waals surface area contributed by atoms with Crippen molar-refractivity contribution in [3.8, 4) is 0 Å². The summed E-state index contributed by atoms with van der Waals surface area (Å²) < 4.78 is 37.9. The summed E-state index contributed by atoms with van der Waals surface area (Å²) in [6, 6.07) is 14.4. The predicted octanol–water partition coefficient (Wildman–Crippen LogP) is 4.45. The highest BCUT2D eigenvalue weighted by atomic mass is 19.4. The van der Waals surface area contributed by atoms with Gasteiger partial charge in [0.05, 0.1) is 5.56 Å². The van der Waals surface area contributed by atoms with Gasteiger partial charge in [-0.05, 0) is 36.1 Å². The third-order valence-electron chi connectivity index (χ3n) is 3.81. The largest absolute Gasteiger partial charge is 0.416 e. The molecule has 114 valence electrons. The van der Waals surface area contributed by atoms with E-state index < -0.39 is 11.7 Å². The number of nitrogens with one attached hydrogen (secondary N) is 1. The average molecular weight is 305 g/mol. The highest BCUT2D eigenvalue weighted by Gasteiger charge is 2.43. The fourth-order valence-electron chi connectivity index (χ4n) is 2.56. The summed E-state index contributed by atoms with van der Waals surface area (Å²) in [5.41, 5.74) is 0.505. The maximum absolute atomic E-state index is 12.6. The topological polar surface area (TPSA) is 29.1 Å². The molecule has 1 fully saturated rings. The molecule has 0 spiro atoms. The summed E-state index contributed by atoms with van der Waals surface area (Å²) >= 11 is 0. The molecule has 0 aliphatic heterocycles. The number of alkyl halides is 3. The fraction of sp³-hybridized carbons (Fsp3) is 0.235. The van der Waals surface area contributed by atoms with Gasteiger partial charge in [-0.1, -0.05) is 36.4 Å². The van der Waals surface area contributed by atoms with Crippen LogP contribution in [-0.4, -0.2) is 5.91 Å². The van der Waals surface area contributed by atoms with Crippen molar-refractivity contribution in [3.05, 3.63) is 65.7 Å². The number of hydrogen-bond acceptors (Lipinski definition) is 1. The molecule has 1 aliphatic carbocycles. The van der Waals surface area contributed by atoms with E-state index in [0.717, 1.165) is 24.1 Å². The molecular formula is C17H14F3NO. The van der Waals surface area contributed by atoms with Crippen LogP contribution in [0.5, 0.6) is 0 Å². The van der Waals surface area contributed by atoms with Crippen LogP contribution >= 0.6 is 0 Å². The Hall–Kier alpha value is -2.30. The minimum Gasteiger partial charge on any atom is -0.326 e. The zero-order chi connectivity index (χ0) is 15.7. The lowest BCUT2D eigenvalue weighted by molar-refractivity contribution is -0.137. The highest BCUT2D eigenvalue weighted by Crippen LogP contribution is 2.47. The first kappa shape index (κ1) is 14.6. The van der Waals surface area contributed by atoms with Gasteiger partial charge in [-0.15, -0.1) is 0 Å². The molecule has 0 aromatic heterocycles. The van der Waals surface area contributed by atoms with Crippen LogP contribution < -0.4 is 5.32 Å². The molecule has 1 amide bonds. The summed E-state index contributed by atoms with van der Waals surface area (Å²) in [6.07, 6.45) is -3.68. The normalized spacial score (nSPS) is 20.5. The van der Waals surface area contributed by atoms with Crippen LogP contribution in [0.15, 0.2) is 54.6 Å². The molecule has 1 aliphatic rings. The smallest absolute Gasteiger partial charge is 0.326 e. The zero-order valence-electron chi connectivity index (χ0n) is 11.6. The summed E-state index contributed by atoms with van der Waals surface area (Å²) in [5.74, 6) is -0.239. The molecule has 0 saturated heterocycles. The molecule has 0 unspecified atom stereocenters. The summed E-state index contributed by atoms with van der Waals surface area (Å²) in [4.78, 5) is 12.1. The Bertz CT molecular complexity index is 682.